The highest BCUT2D eigenvalue weighted by molar-refractivity contribution is 4.70. The normalized spacial score (nSPS) is 15.6. The summed E-state index contributed by atoms with van der Waals surface area (Å²) in [6.45, 7) is 7.49. The predicted octanol–water partition coefficient (Wildman–Crippen LogP) is 1.23. The average Bonchev–Trinajstić information content (AvgIpc) is 2.55. The molecule has 0 saturated heterocycles. The summed E-state index contributed by atoms with van der Waals surface area (Å²) in [5.41, 5.74) is 0. The zero-order valence-electron chi connectivity index (χ0n) is 8.57. The van der Waals surface area contributed by atoms with Gasteiger partial charge in [-0.1, -0.05) is 6.92 Å². The van der Waals surface area contributed by atoms with Gasteiger partial charge in [-0.2, -0.15) is 5.10 Å². The standard InChI is InChI=1S/C9H18N4/c1-4-11-8(2)5-9(3)13-7-10-6-12-13/h6-9,11H,4-5H2,1-3H3. The molecule has 4 heteroatoms. The van der Waals surface area contributed by atoms with Crippen molar-refractivity contribution in [2.75, 3.05) is 6.54 Å². The second kappa shape index (κ2) is 4.97. The maximum Gasteiger partial charge on any atom is 0.137 e. The monoisotopic (exact) mass is 182 g/mol. The molecule has 0 amide bonds. The maximum atomic E-state index is 4.11. The quantitative estimate of drug-likeness (QED) is 0.744. The summed E-state index contributed by atoms with van der Waals surface area (Å²) in [7, 11) is 0. The summed E-state index contributed by atoms with van der Waals surface area (Å²) in [5.74, 6) is 0. The van der Waals surface area contributed by atoms with Crippen molar-refractivity contribution in [3.63, 3.8) is 0 Å². The number of hydrogen-bond acceptors (Lipinski definition) is 3. The number of nitrogens with zero attached hydrogens (tertiary/aromatic N) is 3. The van der Waals surface area contributed by atoms with Crippen molar-refractivity contribution in [2.45, 2.75) is 39.3 Å². The van der Waals surface area contributed by atoms with Crippen LogP contribution in [0.4, 0.5) is 0 Å². The zero-order valence-corrected chi connectivity index (χ0v) is 8.57. The van der Waals surface area contributed by atoms with Crippen LogP contribution >= 0.6 is 0 Å². The van der Waals surface area contributed by atoms with Gasteiger partial charge in [0.05, 0.1) is 6.04 Å². The molecular formula is C9H18N4. The van der Waals surface area contributed by atoms with Crippen LogP contribution in [-0.2, 0) is 0 Å². The molecular weight excluding hydrogens is 164 g/mol. The molecule has 1 heterocycles. The first kappa shape index (κ1) is 10.2. The van der Waals surface area contributed by atoms with Crippen LogP contribution in [0.3, 0.4) is 0 Å². The number of aromatic nitrogens is 3. The number of nitrogens with one attached hydrogen (secondary N) is 1. The fraction of sp³-hybridized carbons (Fsp3) is 0.778. The van der Waals surface area contributed by atoms with Crippen molar-refractivity contribution in [1.29, 1.82) is 0 Å². The minimum atomic E-state index is 0.413. The minimum absolute atomic E-state index is 0.413. The number of rotatable bonds is 5. The Balaban J connectivity index is 2.37. The largest absolute Gasteiger partial charge is 0.314 e. The van der Waals surface area contributed by atoms with E-state index >= 15 is 0 Å². The summed E-state index contributed by atoms with van der Waals surface area (Å²) in [5, 5.41) is 7.48. The molecule has 0 radical (unpaired) electrons. The second-order valence-electron chi connectivity index (χ2n) is 3.42. The predicted molar refractivity (Wildman–Crippen MR) is 52.5 cm³/mol. The van der Waals surface area contributed by atoms with E-state index in [0.29, 0.717) is 12.1 Å². The van der Waals surface area contributed by atoms with Gasteiger partial charge in [-0.05, 0) is 26.8 Å². The lowest BCUT2D eigenvalue weighted by molar-refractivity contribution is 0.393. The van der Waals surface area contributed by atoms with Crippen molar-refractivity contribution >= 4 is 0 Å². The van der Waals surface area contributed by atoms with Crippen LogP contribution in [0.15, 0.2) is 12.7 Å². The fourth-order valence-electron chi connectivity index (χ4n) is 1.50. The molecule has 0 aliphatic rings. The van der Waals surface area contributed by atoms with Gasteiger partial charge in [0, 0.05) is 6.04 Å². The molecule has 0 saturated carbocycles. The van der Waals surface area contributed by atoms with Crippen LogP contribution in [0, 0.1) is 0 Å². The van der Waals surface area contributed by atoms with Crippen LogP contribution in [0.25, 0.3) is 0 Å². The highest BCUT2D eigenvalue weighted by Gasteiger charge is 2.09. The molecule has 4 nitrogen and oxygen atoms in total. The summed E-state index contributed by atoms with van der Waals surface area (Å²) < 4.78 is 1.90. The average molecular weight is 182 g/mol. The van der Waals surface area contributed by atoms with Gasteiger partial charge in [-0.15, -0.1) is 0 Å². The van der Waals surface area contributed by atoms with Gasteiger partial charge in [0.2, 0.25) is 0 Å². The fourth-order valence-corrected chi connectivity index (χ4v) is 1.50. The molecule has 0 bridgehead atoms. The Morgan fingerprint density at radius 1 is 1.46 bits per heavy atom. The molecule has 1 aromatic heterocycles. The van der Waals surface area contributed by atoms with Crippen molar-refractivity contribution in [2.24, 2.45) is 0 Å². The van der Waals surface area contributed by atoms with Gasteiger partial charge in [0.15, 0.2) is 0 Å². The second-order valence-corrected chi connectivity index (χ2v) is 3.42. The Hall–Kier alpha value is -0.900. The Bertz CT molecular complexity index is 220. The Kier molecular flexibility index (Phi) is 3.89. The SMILES string of the molecule is CCNC(C)CC(C)n1cncn1. The first-order valence-electron chi connectivity index (χ1n) is 4.81. The third kappa shape index (κ3) is 3.14. The van der Waals surface area contributed by atoms with Gasteiger partial charge in [0.1, 0.15) is 12.7 Å². The Morgan fingerprint density at radius 2 is 2.23 bits per heavy atom. The van der Waals surface area contributed by atoms with E-state index in [1.54, 1.807) is 12.7 Å². The Labute approximate surface area is 79.4 Å². The van der Waals surface area contributed by atoms with E-state index in [2.05, 4.69) is 36.2 Å². The topological polar surface area (TPSA) is 42.7 Å². The van der Waals surface area contributed by atoms with Crippen LogP contribution < -0.4 is 5.32 Å². The van der Waals surface area contributed by atoms with Gasteiger partial charge in [-0.3, -0.25) is 4.68 Å². The molecule has 2 atom stereocenters. The van der Waals surface area contributed by atoms with Crippen LogP contribution in [0.2, 0.25) is 0 Å². The van der Waals surface area contributed by atoms with E-state index in [9.17, 15) is 0 Å². The lowest BCUT2D eigenvalue weighted by atomic mass is 10.1. The van der Waals surface area contributed by atoms with Gasteiger partial charge < -0.3 is 5.32 Å². The molecule has 0 aromatic carbocycles. The van der Waals surface area contributed by atoms with Crippen molar-refractivity contribution in [1.82, 2.24) is 20.1 Å². The molecule has 2 unspecified atom stereocenters. The van der Waals surface area contributed by atoms with Crippen molar-refractivity contribution < 1.29 is 0 Å². The molecule has 13 heavy (non-hydrogen) atoms. The van der Waals surface area contributed by atoms with E-state index in [0.717, 1.165) is 13.0 Å². The molecule has 74 valence electrons. The van der Waals surface area contributed by atoms with Crippen molar-refractivity contribution in [3.8, 4) is 0 Å². The number of hydrogen-bond donors (Lipinski definition) is 1. The van der Waals surface area contributed by atoms with E-state index in [4.69, 9.17) is 0 Å². The zero-order chi connectivity index (χ0) is 9.68. The first-order chi connectivity index (χ1) is 6.24. The lowest BCUT2D eigenvalue weighted by Crippen LogP contribution is -2.28. The van der Waals surface area contributed by atoms with Crippen molar-refractivity contribution in [3.05, 3.63) is 12.7 Å². The van der Waals surface area contributed by atoms with Gasteiger partial charge >= 0.3 is 0 Å². The van der Waals surface area contributed by atoms with E-state index < -0.39 is 0 Å². The summed E-state index contributed by atoms with van der Waals surface area (Å²) in [6.07, 6.45) is 4.43. The van der Waals surface area contributed by atoms with Crippen LogP contribution in [0.5, 0.6) is 0 Å². The summed E-state index contributed by atoms with van der Waals surface area (Å²) >= 11 is 0. The van der Waals surface area contributed by atoms with Crippen LogP contribution in [-0.4, -0.2) is 27.4 Å². The van der Waals surface area contributed by atoms with Gasteiger partial charge in [0.25, 0.3) is 0 Å². The molecule has 1 rings (SSSR count). The van der Waals surface area contributed by atoms with Gasteiger partial charge in [-0.25, -0.2) is 4.98 Å². The molecule has 0 fully saturated rings. The maximum absolute atomic E-state index is 4.11. The summed E-state index contributed by atoms with van der Waals surface area (Å²) in [6, 6.07) is 0.945. The van der Waals surface area contributed by atoms with E-state index in [-0.39, 0.29) is 0 Å². The van der Waals surface area contributed by atoms with E-state index in [1.165, 1.54) is 0 Å². The molecule has 1 N–H and O–H groups in total. The third-order valence-electron chi connectivity index (χ3n) is 2.14. The first-order valence-corrected chi connectivity index (χ1v) is 4.81. The molecule has 0 aliphatic carbocycles. The smallest absolute Gasteiger partial charge is 0.137 e. The third-order valence-corrected chi connectivity index (χ3v) is 2.14. The summed E-state index contributed by atoms with van der Waals surface area (Å²) in [4.78, 5) is 3.93. The lowest BCUT2D eigenvalue weighted by Gasteiger charge is -2.17. The van der Waals surface area contributed by atoms with Crippen LogP contribution in [0.1, 0.15) is 33.2 Å². The molecule has 0 spiro atoms. The minimum Gasteiger partial charge on any atom is -0.314 e. The highest BCUT2D eigenvalue weighted by Crippen LogP contribution is 2.10. The molecule has 0 aliphatic heterocycles. The highest BCUT2D eigenvalue weighted by atomic mass is 15.3. The molecule has 1 aromatic rings. The Morgan fingerprint density at radius 3 is 2.77 bits per heavy atom. The van der Waals surface area contributed by atoms with E-state index in [1.807, 2.05) is 4.68 Å².